The highest BCUT2D eigenvalue weighted by atomic mass is 16.5. The Labute approximate surface area is 130 Å². The van der Waals surface area contributed by atoms with Crippen LogP contribution in [-0.2, 0) is 13.0 Å². The molecule has 22 heavy (non-hydrogen) atoms. The molecule has 4 heteroatoms. The standard InChI is InChI=1S/C18H20N2O2/c1-2-18-19-16-10-6-7-11-17(16)20(18)12-14(21)13-22-15-8-4-3-5-9-15/h3-11,14,21H,2,12-13H2,1H3. The molecule has 1 heterocycles. The van der Waals surface area contributed by atoms with Gasteiger partial charge in [0.1, 0.15) is 24.3 Å². The smallest absolute Gasteiger partial charge is 0.119 e. The van der Waals surface area contributed by atoms with Gasteiger partial charge < -0.3 is 14.4 Å². The number of nitrogens with zero attached hydrogens (tertiary/aromatic N) is 2. The second-order valence-corrected chi connectivity index (χ2v) is 5.26. The van der Waals surface area contributed by atoms with Crippen LogP contribution in [0, 0.1) is 0 Å². The van der Waals surface area contributed by atoms with E-state index in [1.54, 1.807) is 0 Å². The summed E-state index contributed by atoms with van der Waals surface area (Å²) in [5.41, 5.74) is 2.02. The molecule has 1 N–H and O–H groups in total. The van der Waals surface area contributed by atoms with Crippen molar-refractivity contribution in [3.05, 3.63) is 60.4 Å². The maximum Gasteiger partial charge on any atom is 0.119 e. The average molecular weight is 296 g/mol. The fourth-order valence-electron chi connectivity index (χ4n) is 2.57. The van der Waals surface area contributed by atoms with Gasteiger partial charge in [-0.25, -0.2) is 4.98 Å². The molecule has 0 aliphatic heterocycles. The van der Waals surface area contributed by atoms with Crippen molar-refractivity contribution in [2.24, 2.45) is 0 Å². The zero-order valence-electron chi connectivity index (χ0n) is 12.6. The first-order chi connectivity index (χ1) is 10.8. The fourth-order valence-corrected chi connectivity index (χ4v) is 2.57. The third-order valence-electron chi connectivity index (χ3n) is 3.63. The van der Waals surface area contributed by atoms with E-state index in [9.17, 15) is 5.11 Å². The Bertz CT molecular complexity index is 737. The Morgan fingerprint density at radius 3 is 2.59 bits per heavy atom. The maximum atomic E-state index is 10.3. The predicted molar refractivity (Wildman–Crippen MR) is 87.1 cm³/mol. The van der Waals surface area contributed by atoms with Crippen LogP contribution < -0.4 is 4.74 Å². The maximum absolute atomic E-state index is 10.3. The number of rotatable bonds is 6. The molecule has 0 spiro atoms. The molecule has 0 bridgehead atoms. The Morgan fingerprint density at radius 2 is 1.82 bits per heavy atom. The summed E-state index contributed by atoms with van der Waals surface area (Å²) in [5.74, 6) is 1.76. The highest BCUT2D eigenvalue weighted by molar-refractivity contribution is 5.75. The molecule has 0 fully saturated rings. The first kappa shape index (κ1) is 14.6. The molecule has 3 rings (SSSR count). The van der Waals surface area contributed by atoms with Crippen LogP contribution in [-0.4, -0.2) is 27.4 Å². The number of aliphatic hydroxyl groups excluding tert-OH is 1. The SMILES string of the molecule is CCc1nc2ccccc2n1CC(O)COc1ccccc1. The van der Waals surface area contributed by atoms with Gasteiger partial charge >= 0.3 is 0 Å². The third-order valence-corrected chi connectivity index (χ3v) is 3.63. The molecular formula is C18H20N2O2. The predicted octanol–water partition coefficient (Wildman–Crippen LogP) is 3.04. The lowest BCUT2D eigenvalue weighted by Gasteiger charge is -2.15. The van der Waals surface area contributed by atoms with Crippen molar-refractivity contribution in [2.75, 3.05) is 6.61 Å². The van der Waals surface area contributed by atoms with Crippen molar-refractivity contribution >= 4 is 11.0 Å². The lowest BCUT2D eigenvalue weighted by molar-refractivity contribution is 0.0927. The summed E-state index contributed by atoms with van der Waals surface area (Å²) in [4.78, 5) is 4.61. The van der Waals surface area contributed by atoms with Crippen LogP contribution in [0.3, 0.4) is 0 Å². The van der Waals surface area contributed by atoms with Crippen molar-refractivity contribution < 1.29 is 9.84 Å². The third kappa shape index (κ3) is 3.12. The number of imidazole rings is 1. The van der Waals surface area contributed by atoms with Crippen molar-refractivity contribution in [3.8, 4) is 5.75 Å². The van der Waals surface area contributed by atoms with Gasteiger partial charge in [-0.05, 0) is 24.3 Å². The highest BCUT2D eigenvalue weighted by Gasteiger charge is 2.13. The molecule has 0 saturated carbocycles. The van der Waals surface area contributed by atoms with Crippen LogP contribution in [0.15, 0.2) is 54.6 Å². The van der Waals surface area contributed by atoms with E-state index in [2.05, 4.69) is 16.5 Å². The Hall–Kier alpha value is -2.33. The van der Waals surface area contributed by atoms with Gasteiger partial charge in [0.2, 0.25) is 0 Å². The number of ether oxygens (including phenoxy) is 1. The molecule has 1 aromatic heterocycles. The minimum atomic E-state index is -0.580. The summed E-state index contributed by atoms with van der Waals surface area (Å²) >= 11 is 0. The van der Waals surface area contributed by atoms with Gasteiger partial charge in [0.05, 0.1) is 17.6 Å². The van der Waals surface area contributed by atoms with Gasteiger partial charge in [0, 0.05) is 6.42 Å². The van der Waals surface area contributed by atoms with Gasteiger partial charge in [-0.3, -0.25) is 0 Å². The number of hydrogen-bond donors (Lipinski definition) is 1. The Morgan fingerprint density at radius 1 is 1.09 bits per heavy atom. The van der Waals surface area contributed by atoms with E-state index in [-0.39, 0.29) is 6.61 Å². The molecule has 0 aliphatic rings. The molecule has 0 radical (unpaired) electrons. The van der Waals surface area contributed by atoms with Gasteiger partial charge in [0.25, 0.3) is 0 Å². The summed E-state index contributed by atoms with van der Waals surface area (Å²) in [6.45, 7) is 2.82. The topological polar surface area (TPSA) is 47.3 Å². The van der Waals surface area contributed by atoms with E-state index in [0.717, 1.165) is 29.0 Å². The average Bonchev–Trinajstić information content (AvgIpc) is 2.92. The van der Waals surface area contributed by atoms with E-state index in [0.29, 0.717) is 6.54 Å². The van der Waals surface area contributed by atoms with E-state index < -0.39 is 6.10 Å². The van der Waals surface area contributed by atoms with Crippen LogP contribution in [0.25, 0.3) is 11.0 Å². The lowest BCUT2D eigenvalue weighted by Crippen LogP contribution is -2.24. The number of benzene rings is 2. The van der Waals surface area contributed by atoms with Crippen molar-refractivity contribution in [1.82, 2.24) is 9.55 Å². The molecule has 4 nitrogen and oxygen atoms in total. The van der Waals surface area contributed by atoms with Crippen LogP contribution in [0.5, 0.6) is 5.75 Å². The van der Waals surface area contributed by atoms with Crippen LogP contribution in [0.2, 0.25) is 0 Å². The molecule has 1 atom stereocenters. The summed E-state index contributed by atoms with van der Waals surface area (Å²) in [5, 5.41) is 10.3. The normalized spacial score (nSPS) is 12.5. The Kier molecular flexibility index (Phi) is 4.39. The quantitative estimate of drug-likeness (QED) is 0.760. The summed E-state index contributed by atoms with van der Waals surface area (Å²) in [7, 11) is 0. The largest absolute Gasteiger partial charge is 0.491 e. The fraction of sp³-hybridized carbons (Fsp3) is 0.278. The molecule has 114 valence electrons. The minimum absolute atomic E-state index is 0.264. The second-order valence-electron chi connectivity index (χ2n) is 5.26. The molecular weight excluding hydrogens is 276 g/mol. The second kappa shape index (κ2) is 6.62. The number of aromatic nitrogens is 2. The number of aryl methyl sites for hydroxylation is 1. The number of para-hydroxylation sites is 3. The van der Waals surface area contributed by atoms with Gasteiger partial charge in [0.15, 0.2) is 0 Å². The number of hydrogen-bond acceptors (Lipinski definition) is 3. The van der Waals surface area contributed by atoms with Crippen LogP contribution >= 0.6 is 0 Å². The van der Waals surface area contributed by atoms with Gasteiger partial charge in [-0.15, -0.1) is 0 Å². The summed E-state index contributed by atoms with van der Waals surface area (Å²) in [6, 6.07) is 17.5. The molecule has 2 aromatic carbocycles. The van der Waals surface area contributed by atoms with E-state index in [1.165, 1.54) is 0 Å². The zero-order valence-corrected chi connectivity index (χ0v) is 12.6. The summed E-state index contributed by atoms with van der Waals surface area (Å²) in [6.07, 6.45) is 0.254. The Balaban J connectivity index is 1.72. The highest BCUT2D eigenvalue weighted by Crippen LogP contribution is 2.17. The minimum Gasteiger partial charge on any atom is -0.491 e. The van der Waals surface area contributed by atoms with Gasteiger partial charge in [-0.1, -0.05) is 37.3 Å². The van der Waals surface area contributed by atoms with Gasteiger partial charge in [-0.2, -0.15) is 0 Å². The van der Waals surface area contributed by atoms with Crippen molar-refractivity contribution in [2.45, 2.75) is 26.0 Å². The molecule has 1 unspecified atom stereocenters. The van der Waals surface area contributed by atoms with E-state index in [4.69, 9.17) is 4.74 Å². The lowest BCUT2D eigenvalue weighted by atomic mass is 10.3. The monoisotopic (exact) mass is 296 g/mol. The summed E-state index contributed by atoms with van der Waals surface area (Å²) < 4.78 is 7.70. The number of aliphatic hydroxyl groups is 1. The van der Waals surface area contributed by atoms with Crippen LogP contribution in [0.1, 0.15) is 12.7 Å². The molecule has 0 amide bonds. The first-order valence-electron chi connectivity index (χ1n) is 7.58. The molecule has 0 aliphatic carbocycles. The van der Waals surface area contributed by atoms with Crippen molar-refractivity contribution in [1.29, 1.82) is 0 Å². The molecule has 3 aromatic rings. The zero-order chi connectivity index (χ0) is 15.4. The van der Waals surface area contributed by atoms with Crippen LogP contribution in [0.4, 0.5) is 0 Å². The molecule has 0 saturated heterocycles. The first-order valence-corrected chi connectivity index (χ1v) is 7.58. The number of fused-ring (bicyclic) bond motifs is 1. The van der Waals surface area contributed by atoms with Crippen molar-refractivity contribution in [3.63, 3.8) is 0 Å². The van der Waals surface area contributed by atoms with E-state index in [1.807, 2.05) is 54.6 Å². The van der Waals surface area contributed by atoms with E-state index >= 15 is 0 Å².